The van der Waals surface area contributed by atoms with Crippen LogP contribution >= 0.6 is 0 Å². The maximum Gasteiger partial charge on any atom is 0.282 e. The Labute approximate surface area is 89.9 Å². The van der Waals surface area contributed by atoms with Crippen LogP contribution in [0.1, 0.15) is 28.3 Å². The van der Waals surface area contributed by atoms with Gasteiger partial charge in [-0.1, -0.05) is 12.1 Å². The zero-order chi connectivity index (χ0) is 11.0. The second-order valence-corrected chi connectivity index (χ2v) is 4.07. The fourth-order valence-electron chi connectivity index (χ4n) is 1.94. The summed E-state index contributed by atoms with van der Waals surface area (Å²) < 4.78 is 0. The Bertz CT molecular complexity index is 424. The number of amidine groups is 1. The molecule has 0 saturated heterocycles. The zero-order valence-electron chi connectivity index (χ0n) is 9.33. The number of aryl methyl sites for hydroxylation is 1. The highest BCUT2D eigenvalue weighted by Gasteiger charge is 2.20. The summed E-state index contributed by atoms with van der Waals surface area (Å²) in [5.41, 5.74) is 5.10. The van der Waals surface area contributed by atoms with Crippen molar-refractivity contribution in [2.45, 2.75) is 26.8 Å². The highest BCUT2D eigenvalue weighted by Crippen LogP contribution is 2.26. The first kappa shape index (κ1) is 10.0. The summed E-state index contributed by atoms with van der Waals surface area (Å²) in [5, 5.41) is 12.0. The number of aliphatic hydroxyl groups is 1. The summed E-state index contributed by atoms with van der Waals surface area (Å²) in [6, 6.07) is 4.33. The number of hydrogen-bond acceptors (Lipinski definition) is 2. The maximum atomic E-state index is 9.21. The fraction of sp³-hybridized carbons (Fsp3) is 0.417. The van der Waals surface area contributed by atoms with Gasteiger partial charge in [0.15, 0.2) is 0 Å². The Balaban J connectivity index is 2.42. The Hall–Kier alpha value is -1.51. The molecule has 1 aromatic rings. The van der Waals surface area contributed by atoms with E-state index in [1.54, 1.807) is 0 Å². The lowest BCUT2D eigenvalue weighted by molar-refractivity contribution is 0.528. The quantitative estimate of drug-likeness (QED) is 0.736. The zero-order valence-corrected chi connectivity index (χ0v) is 9.33. The molecule has 1 aromatic carbocycles. The molecule has 80 valence electrons. The van der Waals surface area contributed by atoms with Crippen LogP contribution in [0.4, 0.5) is 0 Å². The summed E-state index contributed by atoms with van der Waals surface area (Å²) in [5.74, 6) is 0. The van der Waals surface area contributed by atoms with Crippen molar-refractivity contribution in [3.63, 3.8) is 0 Å². The van der Waals surface area contributed by atoms with Crippen LogP contribution in [0.2, 0.25) is 0 Å². The fourth-order valence-corrected chi connectivity index (χ4v) is 1.94. The van der Waals surface area contributed by atoms with Crippen molar-refractivity contribution in [1.82, 2.24) is 5.32 Å². The van der Waals surface area contributed by atoms with E-state index in [0.29, 0.717) is 6.54 Å². The van der Waals surface area contributed by atoms with Crippen LogP contribution in [0.25, 0.3) is 0 Å². The largest absolute Gasteiger partial charge is 0.481 e. The van der Waals surface area contributed by atoms with Crippen molar-refractivity contribution >= 4 is 6.02 Å². The van der Waals surface area contributed by atoms with Gasteiger partial charge < -0.3 is 10.4 Å². The van der Waals surface area contributed by atoms with Crippen LogP contribution in [0, 0.1) is 20.8 Å². The third-order valence-electron chi connectivity index (χ3n) is 3.19. The van der Waals surface area contributed by atoms with Crippen LogP contribution in [0.3, 0.4) is 0 Å². The highest BCUT2D eigenvalue weighted by atomic mass is 16.3. The van der Waals surface area contributed by atoms with Gasteiger partial charge in [-0.25, -0.2) is 4.99 Å². The van der Waals surface area contributed by atoms with Gasteiger partial charge in [0.2, 0.25) is 0 Å². The minimum Gasteiger partial charge on any atom is -0.481 e. The van der Waals surface area contributed by atoms with Crippen molar-refractivity contribution in [1.29, 1.82) is 0 Å². The molecule has 1 heterocycles. The van der Waals surface area contributed by atoms with Crippen molar-refractivity contribution in [3.8, 4) is 0 Å². The standard InChI is InChI=1S/C12H16N2O/c1-7-4-5-10(9(3)8(7)2)11-6-13-12(15)14-11/h4-5,11H,6H2,1-3H3,(H2,13,14,15). The molecule has 0 bridgehead atoms. The van der Waals surface area contributed by atoms with E-state index in [2.05, 4.69) is 43.2 Å². The normalized spacial score (nSPS) is 19.9. The number of nitrogens with zero attached hydrogens (tertiary/aromatic N) is 1. The van der Waals surface area contributed by atoms with E-state index in [4.69, 9.17) is 0 Å². The lowest BCUT2D eigenvalue weighted by Gasteiger charge is -2.13. The second kappa shape index (κ2) is 3.57. The average molecular weight is 204 g/mol. The number of hydrogen-bond donors (Lipinski definition) is 2. The minimum absolute atomic E-state index is 0.0534. The third kappa shape index (κ3) is 1.69. The monoisotopic (exact) mass is 204 g/mol. The van der Waals surface area contributed by atoms with Gasteiger partial charge in [-0.05, 0) is 43.0 Å². The van der Waals surface area contributed by atoms with Crippen molar-refractivity contribution in [2.24, 2.45) is 4.99 Å². The lowest BCUT2D eigenvalue weighted by Crippen LogP contribution is -2.18. The van der Waals surface area contributed by atoms with E-state index >= 15 is 0 Å². The van der Waals surface area contributed by atoms with Crippen LogP contribution in [-0.2, 0) is 0 Å². The molecule has 1 aliphatic rings. The predicted octanol–water partition coefficient (Wildman–Crippen LogP) is 2.17. The molecule has 3 nitrogen and oxygen atoms in total. The molecule has 0 aliphatic carbocycles. The number of benzene rings is 1. The first-order valence-corrected chi connectivity index (χ1v) is 5.17. The van der Waals surface area contributed by atoms with E-state index in [1.807, 2.05) is 0 Å². The van der Waals surface area contributed by atoms with E-state index in [0.717, 1.165) is 0 Å². The van der Waals surface area contributed by atoms with Crippen LogP contribution < -0.4 is 5.32 Å². The second-order valence-electron chi connectivity index (χ2n) is 4.07. The van der Waals surface area contributed by atoms with Gasteiger partial charge in [0.25, 0.3) is 6.02 Å². The summed E-state index contributed by atoms with van der Waals surface area (Å²) in [4.78, 5) is 4.15. The van der Waals surface area contributed by atoms with E-state index in [1.165, 1.54) is 22.3 Å². The lowest BCUT2D eigenvalue weighted by atomic mass is 9.95. The molecule has 15 heavy (non-hydrogen) atoms. The summed E-state index contributed by atoms with van der Waals surface area (Å²) in [7, 11) is 0. The van der Waals surface area contributed by atoms with E-state index in [9.17, 15) is 5.11 Å². The first-order valence-electron chi connectivity index (χ1n) is 5.17. The van der Waals surface area contributed by atoms with E-state index in [-0.39, 0.29) is 12.1 Å². The van der Waals surface area contributed by atoms with Crippen molar-refractivity contribution < 1.29 is 5.11 Å². The molecule has 0 spiro atoms. The molecule has 1 aliphatic heterocycles. The van der Waals surface area contributed by atoms with Crippen LogP contribution in [0.5, 0.6) is 0 Å². The number of aliphatic imine (C=N–C) groups is 1. The summed E-state index contributed by atoms with van der Waals surface area (Å²) in [6.07, 6.45) is 0. The predicted molar refractivity (Wildman–Crippen MR) is 61.5 cm³/mol. The smallest absolute Gasteiger partial charge is 0.282 e. The topological polar surface area (TPSA) is 44.6 Å². The van der Waals surface area contributed by atoms with E-state index < -0.39 is 0 Å². The van der Waals surface area contributed by atoms with Crippen LogP contribution in [0.15, 0.2) is 17.1 Å². The van der Waals surface area contributed by atoms with Crippen molar-refractivity contribution in [3.05, 3.63) is 34.4 Å². The van der Waals surface area contributed by atoms with Gasteiger partial charge >= 0.3 is 0 Å². The van der Waals surface area contributed by atoms with Crippen molar-refractivity contribution in [2.75, 3.05) is 6.54 Å². The van der Waals surface area contributed by atoms with Gasteiger partial charge in [-0.15, -0.1) is 0 Å². The summed E-state index contributed by atoms with van der Waals surface area (Å²) in [6.45, 7) is 7.04. The third-order valence-corrected chi connectivity index (χ3v) is 3.19. The molecule has 2 rings (SSSR count). The van der Waals surface area contributed by atoms with Gasteiger partial charge in [-0.3, -0.25) is 0 Å². The molecule has 0 radical (unpaired) electrons. The SMILES string of the molecule is Cc1ccc(C2CNC(O)=N2)c(C)c1C. The molecule has 0 saturated carbocycles. The maximum absolute atomic E-state index is 9.21. The Morgan fingerprint density at radius 1 is 1.27 bits per heavy atom. The Morgan fingerprint density at radius 2 is 2.00 bits per heavy atom. The van der Waals surface area contributed by atoms with Gasteiger partial charge in [-0.2, -0.15) is 0 Å². The Morgan fingerprint density at radius 3 is 2.60 bits per heavy atom. The average Bonchev–Trinajstić information content (AvgIpc) is 2.61. The first-order chi connectivity index (χ1) is 7.09. The van der Waals surface area contributed by atoms with Gasteiger partial charge in [0, 0.05) is 6.54 Å². The Kier molecular flexibility index (Phi) is 2.39. The van der Waals surface area contributed by atoms with Gasteiger partial charge in [0.05, 0.1) is 6.04 Å². The number of nitrogens with one attached hydrogen (secondary N) is 1. The molecule has 1 atom stereocenters. The molecule has 3 heteroatoms. The molecular weight excluding hydrogens is 188 g/mol. The van der Waals surface area contributed by atoms with Gasteiger partial charge in [0.1, 0.15) is 0 Å². The molecular formula is C12H16N2O. The molecule has 0 fully saturated rings. The molecule has 1 unspecified atom stereocenters. The minimum atomic E-state index is 0.0534. The molecule has 2 N–H and O–H groups in total. The highest BCUT2D eigenvalue weighted by molar-refractivity contribution is 5.73. The number of aliphatic hydroxyl groups excluding tert-OH is 1. The number of rotatable bonds is 1. The molecule has 0 amide bonds. The molecule has 0 aromatic heterocycles. The van der Waals surface area contributed by atoms with Crippen LogP contribution in [-0.4, -0.2) is 17.7 Å². The summed E-state index contributed by atoms with van der Waals surface area (Å²) >= 11 is 0.